The van der Waals surface area contributed by atoms with Gasteiger partial charge in [0.1, 0.15) is 5.75 Å². The molecule has 2 rings (SSSR count). The van der Waals surface area contributed by atoms with Crippen LogP contribution in [0.25, 0.3) is 0 Å². The first-order chi connectivity index (χ1) is 10.1. The van der Waals surface area contributed by atoms with Crippen molar-refractivity contribution in [2.24, 2.45) is 0 Å². The zero-order valence-corrected chi connectivity index (χ0v) is 12.2. The van der Waals surface area contributed by atoms with E-state index in [4.69, 9.17) is 32.7 Å². The molecule has 0 aliphatic heterocycles. The van der Waals surface area contributed by atoms with Gasteiger partial charge in [0.2, 0.25) is 0 Å². The molecule has 0 unspecified atom stereocenters. The van der Waals surface area contributed by atoms with Crippen LogP contribution in [0.2, 0.25) is 10.0 Å². The summed E-state index contributed by atoms with van der Waals surface area (Å²) in [4.78, 5) is 22.7. The Morgan fingerprint density at radius 3 is 2.52 bits per heavy atom. The van der Waals surface area contributed by atoms with Gasteiger partial charge in [-0.1, -0.05) is 41.4 Å². The average Bonchev–Trinajstić information content (AvgIpc) is 2.48. The predicted molar refractivity (Wildman–Crippen MR) is 79.4 cm³/mol. The summed E-state index contributed by atoms with van der Waals surface area (Å²) in [6.45, 7) is -0.304. The third kappa shape index (κ3) is 4.21. The summed E-state index contributed by atoms with van der Waals surface area (Å²) in [5.41, 5.74) is 0.0977. The van der Waals surface area contributed by atoms with Crippen LogP contribution in [0, 0.1) is 0 Å². The lowest BCUT2D eigenvalue weighted by molar-refractivity contribution is -0.136. The van der Waals surface area contributed by atoms with Crippen molar-refractivity contribution in [3.63, 3.8) is 0 Å². The molecule has 2 aromatic carbocycles. The molecule has 0 aromatic heterocycles. The highest BCUT2D eigenvalue weighted by molar-refractivity contribution is 6.36. The normalized spacial score (nSPS) is 10.0. The summed E-state index contributed by atoms with van der Waals surface area (Å²) in [5, 5.41) is 0.361. The van der Waals surface area contributed by atoms with Crippen molar-refractivity contribution in [2.45, 2.75) is 0 Å². The summed E-state index contributed by atoms with van der Waals surface area (Å²) in [6.07, 6.45) is 0.512. The minimum absolute atomic E-state index is 0.0299. The molecule has 6 heteroatoms. The molecule has 0 bridgehead atoms. The van der Waals surface area contributed by atoms with Crippen molar-refractivity contribution >= 4 is 35.5 Å². The van der Waals surface area contributed by atoms with Gasteiger partial charge in [0.15, 0.2) is 18.6 Å². The lowest BCUT2D eigenvalue weighted by Gasteiger charge is -2.10. The number of ether oxygens (including phenoxy) is 2. The van der Waals surface area contributed by atoms with E-state index in [0.29, 0.717) is 12.0 Å². The van der Waals surface area contributed by atoms with Crippen molar-refractivity contribution < 1.29 is 19.1 Å². The van der Waals surface area contributed by atoms with Crippen LogP contribution in [0.3, 0.4) is 0 Å². The number of para-hydroxylation sites is 1. The van der Waals surface area contributed by atoms with Gasteiger partial charge in [-0.05, 0) is 24.3 Å². The minimum atomic E-state index is -0.675. The molecule has 0 amide bonds. The number of esters is 1. The van der Waals surface area contributed by atoms with Crippen molar-refractivity contribution in [1.82, 2.24) is 0 Å². The largest absolute Gasteiger partial charge is 0.482 e. The maximum absolute atomic E-state index is 11.7. The van der Waals surface area contributed by atoms with Crippen LogP contribution in [0.4, 0.5) is 0 Å². The highest BCUT2D eigenvalue weighted by atomic mass is 35.5. The molecule has 0 saturated carbocycles. The number of halogens is 2. The molecule has 0 aliphatic carbocycles. The number of benzene rings is 2. The molecule has 0 N–H and O–H groups in total. The minimum Gasteiger partial charge on any atom is -0.482 e. The Balaban J connectivity index is 2.04. The highest BCUT2D eigenvalue weighted by Gasteiger charge is 2.15. The van der Waals surface area contributed by atoms with E-state index < -0.39 is 5.97 Å². The fourth-order valence-electron chi connectivity index (χ4n) is 1.58. The molecule has 0 spiro atoms. The summed E-state index contributed by atoms with van der Waals surface area (Å²) in [7, 11) is 0. The molecule has 21 heavy (non-hydrogen) atoms. The van der Waals surface area contributed by atoms with Crippen LogP contribution >= 0.6 is 23.2 Å². The Kier molecular flexibility index (Phi) is 5.20. The maximum atomic E-state index is 11.7. The fraction of sp³-hybridized carbons (Fsp3) is 0.0667. The zero-order valence-electron chi connectivity index (χ0n) is 10.7. The van der Waals surface area contributed by atoms with Gasteiger partial charge >= 0.3 is 5.97 Å². The zero-order chi connectivity index (χ0) is 15.2. The first-order valence-electron chi connectivity index (χ1n) is 5.93. The standard InChI is InChI=1S/C15H10Cl2O4/c16-11-6-10(8-18)15(13(17)7-11)21-14(19)9-20-12-4-2-1-3-5-12/h1-8H,9H2. The van der Waals surface area contributed by atoms with E-state index in [1.54, 1.807) is 24.3 Å². The van der Waals surface area contributed by atoms with E-state index in [2.05, 4.69) is 0 Å². The number of rotatable bonds is 5. The van der Waals surface area contributed by atoms with Gasteiger partial charge in [0.05, 0.1) is 10.6 Å². The van der Waals surface area contributed by atoms with Crippen LogP contribution in [-0.2, 0) is 4.79 Å². The quantitative estimate of drug-likeness (QED) is 0.477. The predicted octanol–water partition coefficient (Wildman–Crippen LogP) is 3.79. The van der Waals surface area contributed by atoms with E-state index in [0.717, 1.165) is 0 Å². The van der Waals surface area contributed by atoms with Crippen molar-refractivity contribution in [1.29, 1.82) is 0 Å². The third-order valence-electron chi connectivity index (χ3n) is 2.48. The Hall–Kier alpha value is -2.04. The second kappa shape index (κ2) is 7.11. The van der Waals surface area contributed by atoms with Crippen molar-refractivity contribution in [3.8, 4) is 11.5 Å². The van der Waals surface area contributed by atoms with Gasteiger partial charge in [-0.25, -0.2) is 4.79 Å². The summed E-state index contributed by atoms with van der Waals surface area (Å²) in [6, 6.07) is 11.5. The van der Waals surface area contributed by atoms with E-state index in [9.17, 15) is 9.59 Å². The van der Waals surface area contributed by atoms with Gasteiger partial charge in [0, 0.05) is 5.02 Å². The third-order valence-corrected chi connectivity index (χ3v) is 2.98. The molecular formula is C15H10Cl2O4. The van der Waals surface area contributed by atoms with E-state index >= 15 is 0 Å². The van der Waals surface area contributed by atoms with Crippen LogP contribution in [0.1, 0.15) is 10.4 Å². The van der Waals surface area contributed by atoms with Gasteiger partial charge in [-0.3, -0.25) is 4.79 Å². The molecule has 4 nitrogen and oxygen atoms in total. The Labute approximate surface area is 131 Å². The SMILES string of the molecule is O=Cc1cc(Cl)cc(Cl)c1OC(=O)COc1ccccc1. The Morgan fingerprint density at radius 2 is 1.86 bits per heavy atom. The number of aldehydes is 1. The van der Waals surface area contributed by atoms with Crippen molar-refractivity contribution in [2.75, 3.05) is 6.61 Å². The molecule has 0 saturated heterocycles. The van der Waals surface area contributed by atoms with Crippen LogP contribution in [-0.4, -0.2) is 18.9 Å². The van der Waals surface area contributed by atoms with Gasteiger partial charge in [0.25, 0.3) is 0 Å². The summed E-state index contributed by atoms with van der Waals surface area (Å²) < 4.78 is 10.3. The van der Waals surface area contributed by atoms with Crippen molar-refractivity contribution in [3.05, 3.63) is 58.1 Å². The molecule has 2 aromatic rings. The van der Waals surface area contributed by atoms with Crippen LogP contribution < -0.4 is 9.47 Å². The second-order valence-electron chi connectivity index (χ2n) is 4.00. The Bertz CT molecular complexity index is 656. The lowest BCUT2D eigenvalue weighted by Crippen LogP contribution is -2.18. The van der Waals surface area contributed by atoms with Crippen LogP contribution in [0.5, 0.6) is 11.5 Å². The summed E-state index contributed by atoms with van der Waals surface area (Å²) in [5.74, 6) is -0.170. The monoisotopic (exact) mass is 324 g/mol. The van der Waals surface area contributed by atoms with Gasteiger partial charge in [-0.2, -0.15) is 0 Å². The highest BCUT2D eigenvalue weighted by Crippen LogP contribution is 2.31. The molecule has 108 valence electrons. The molecule has 0 heterocycles. The topological polar surface area (TPSA) is 52.6 Å². The van der Waals surface area contributed by atoms with E-state index in [1.807, 2.05) is 6.07 Å². The van der Waals surface area contributed by atoms with Gasteiger partial charge in [-0.15, -0.1) is 0 Å². The van der Waals surface area contributed by atoms with Gasteiger partial charge < -0.3 is 9.47 Å². The molecule has 0 radical (unpaired) electrons. The van der Waals surface area contributed by atoms with Crippen LogP contribution in [0.15, 0.2) is 42.5 Å². The first kappa shape index (κ1) is 15.4. The number of carbonyl (C=O) groups is 2. The Morgan fingerprint density at radius 1 is 1.14 bits per heavy atom. The molecule has 0 fully saturated rings. The second-order valence-corrected chi connectivity index (χ2v) is 4.84. The number of hydrogen-bond acceptors (Lipinski definition) is 4. The van der Waals surface area contributed by atoms with E-state index in [-0.39, 0.29) is 28.0 Å². The molecular weight excluding hydrogens is 315 g/mol. The number of hydrogen-bond donors (Lipinski definition) is 0. The molecule has 0 atom stereocenters. The number of carbonyl (C=O) groups excluding carboxylic acids is 2. The van der Waals surface area contributed by atoms with E-state index in [1.165, 1.54) is 12.1 Å². The average molecular weight is 325 g/mol. The smallest absolute Gasteiger partial charge is 0.349 e. The molecule has 0 aliphatic rings. The fourth-order valence-corrected chi connectivity index (χ4v) is 2.13. The lowest BCUT2D eigenvalue weighted by atomic mass is 10.2. The maximum Gasteiger partial charge on any atom is 0.349 e. The first-order valence-corrected chi connectivity index (χ1v) is 6.68. The summed E-state index contributed by atoms with van der Waals surface area (Å²) >= 11 is 11.7.